The van der Waals surface area contributed by atoms with Gasteiger partial charge in [0.25, 0.3) is 0 Å². The molecule has 0 amide bonds. The van der Waals surface area contributed by atoms with Crippen LogP contribution in [0.3, 0.4) is 0 Å². The van der Waals surface area contributed by atoms with Crippen LogP contribution in [0.25, 0.3) is 0 Å². The van der Waals surface area contributed by atoms with E-state index in [0.29, 0.717) is 5.41 Å². The second-order valence-electron chi connectivity index (χ2n) is 5.23. The lowest BCUT2D eigenvalue weighted by Gasteiger charge is -2.40. The van der Waals surface area contributed by atoms with Crippen LogP contribution in [0.2, 0.25) is 0 Å². The minimum atomic E-state index is 0.605. The minimum absolute atomic E-state index is 0.605. The van der Waals surface area contributed by atoms with Crippen molar-refractivity contribution >= 4 is 16.5 Å². The van der Waals surface area contributed by atoms with Crippen LogP contribution in [0.5, 0.6) is 0 Å². The Hall–Kier alpha value is -0.680. The molecule has 1 aliphatic rings. The van der Waals surface area contributed by atoms with Gasteiger partial charge in [-0.1, -0.05) is 38.0 Å². The smallest absolute Gasteiger partial charge is 0.205 e. The highest BCUT2D eigenvalue weighted by Crippen LogP contribution is 2.38. The van der Waals surface area contributed by atoms with E-state index in [4.69, 9.17) is 0 Å². The van der Waals surface area contributed by atoms with Crippen molar-refractivity contribution in [1.29, 1.82) is 0 Å². The van der Waals surface area contributed by atoms with Gasteiger partial charge in [0, 0.05) is 7.05 Å². The number of aromatic nitrogens is 2. The SMILES string of the molecule is CCC1(CC)CCN(Cc2nnc(NC)s2)CC1. The third kappa shape index (κ3) is 3.01. The second-order valence-corrected chi connectivity index (χ2v) is 6.30. The van der Waals surface area contributed by atoms with Crippen LogP contribution in [0.15, 0.2) is 0 Å². The van der Waals surface area contributed by atoms with Crippen LogP contribution >= 0.6 is 11.3 Å². The molecule has 0 aliphatic carbocycles. The van der Waals surface area contributed by atoms with E-state index in [1.165, 1.54) is 38.8 Å². The molecule has 1 aliphatic heterocycles. The van der Waals surface area contributed by atoms with Gasteiger partial charge in [0.2, 0.25) is 5.13 Å². The number of rotatable bonds is 5. The summed E-state index contributed by atoms with van der Waals surface area (Å²) in [5, 5.41) is 13.4. The Labute approximate surface area is 114 Å². The first kappa shape index (κ1) is 13.7. The standard InChI is InChI=1S/C13H24N4S/c1-4-13(5-2)6-8-17(9-7-13)10-11-15-16-12(14-3)18-11/h4-10H2,1-3H3,(H,14,16). The zero-order valence-electron chi connectivity index (χ0n) is 11.7. The molecule has 0 atom stereocenters. The summed E-state index contributed by atoms with van der Waals surface area (Å²) in [6.07, 6.45) is 5.30. The van der Waals surface area contributed by atoms with Crippen LogP contribution < -0.4 is 5.32 Å². The highest BCUT2D eigenvalue weighted by molar-refractivity contribution is 7.15. The molecule has 1 aromatic heterocycles. The molecule has 102 valence electrons. The third-order valence-corrected chi connectivity index (χ3v) is 5.38. The van der Waals surface area contributed by atoms with Gasteiger partial charge in [-0.2, -0.15) is 0 Å². The zero-order valence-corrected chi connectivity index (χ0v) is 12.5. The first-order chi connectivity index (χ1) is 8.71. The van der Waals surface area contributed by atoms with Crippen LogP contribution in [-0.4, -0.2) is 35.2 Å². The number of anilines is 1. The average Bonchev–Trinajstić information content (AvgIpc) is 2.88. The van der Waals surface area contributed by atoms with E-state index in [1.807, 2.05) is 7.05 Å². The number of hydrogen-bond acceptors (Lipinski definition) is 5. The van der Waals surface area contributed by atoms with Crippen molar-refractivity contribution in [3.8, 4) is 0 Å². The number of nitrogens with zero attached hydrogens (tertiary/aromatic N) is 3. The van der Waals surface area contributed by atoms with Crippen LogP contribution in [0, 0.1) is 5.41 Å². The maximum Gasteiger partial charge on any atom is 0.205 e. The number of piperidine rings is 1. The Morgan fingerprint density at radius 1 is 1.22 bits per heavy atom. The predicted octanol–water partition coefficient (Wildman–Crippen LogP) is 2.98. The van der Waals surface area contributed by atoms with E-state index in [2.05, 4.69) is 34.3 Å². The average molecular weight is 268 g/mol. The Kier molecular flexibility index (Phi) is 4.56. The summed E-state index contributed by atoms with van der Waals surface area (Å²) in [5.41, 5.74) is 0.605. The summed E-state index contributed by atoms with van der Waals surface area (Å²) in [7, 11) is 1.89. The second kappa shape index (κ2) is 5.97. The van der Waals surface area contributed by atoms with E-state index >= 15 is 0 Å². The summed E-state index contributed by atoms with van der Waals surface area (Å²) in [6, 6.07) is 0. The molecule has 0 spiro atoms. The van der Waals surface area contributed by atoms with Crippen molar-refractivity contribution in [2.75, 3.05) is 25.5 Å². The van der Waals surface area contributed by atoms with Gasteiger partial charge in [-0.05, 0) is 31.3 Å². The van der Waals surface area contributed by atoms with E-state index < -0.39 is 0 Å². The molecule has 0 bridgehead atoms. The fourth-order valence-corrected chi connectivity index (χ4v) is 3.49. The summed E-state index contributed by atoms with van der Waals surface area (Å²) in [6.45, 7) is 8.04. The highest BCUT2D eigenvalue weighted by Gasteiger charge is 2.31. The lowest BCUT2D eigenvalue weighted by atomic mass is 9.74. The Balaban J connectivity index is 1.86. The van der Waals surface area contributed by atoms with E-state index in [1.54, 1.807) is 11.3 Å². The molecule has 5 heteroatoms. The molecule has 1 N–H and O–H groups in total. The van der Waals surface area contributed by atoms with Gasteiger partial charge in [0.15, 0.2) is 0 Å². The lowest BCUT2D eigenvalue weighted by molar-refractivity contribution is 0.0907. The lowest BCUT2D eigenvalue weighted by Crippen LogP contribution is -2.39. The van der Waals surface area contributed by atoms with Gasteiger partial charge in [-0.3, -0.25) is 4.90 Å². The number of nitrogens with one attached hydrogen (secondary N) is 1. The summed E-state index contributed by atoms with van der Waals surface area (Å²) in [4.78, 5) is 2.52. The van der Waals surface area contributed by atoms with Crippen LogP contribution in [0.1, 0.15) is 44.5 Å². The molecule has 1 aromatic rings. The van der Waals surface area contributed by atoms with Gasteiger partial charge in [-0.15, -0.1) is 10.2 Å². The third-order valence-electron chi connectivity index (χ3n) is 4.46. The number of likely N-dealkylation sites (tertiary alicyclic amines) is 1. The molecular weight excluding hydrogens is 244 g/mol. The molecule has 0 saturated carbocycles. The largest absolute Gasteiger partial charge is 0.363 e. The number of hydrogen-bond donors (Lipinski definition) is 1. The van der Waals surface area contributed by atoms with Crippen LogP contribution in [-0.2, 0) is 6.54 Å². The van der Waals surface area contributed by atoms with E-state index in [9.17, 15) is 0 Å². The first-order valence-electron chi connectivity index (χ1n) is 6.94. The highest BCUT2D eigenvalue weighted by atomic mass is 32.1. The van der Waals surface area contributed by atoms with Crippen molar-refractivity contribution in [2.24, 2.45) is 5.41 Å². The molecule has 4 nitrogen and oxygen atoms in total. The van der Waals surface area contributed by atoms with Crippen molar-refractivity contribution in [1.82, 2.24) is 15.1 Å². The maximum absolute atomic E-state index is 4.22. The molecule has 1 fully saturated rings. The summed E-state index contributed by atoms with van der Waals surface area (Å²) < 4.78 is 0. The van der Waals surface area contributed by atoms with Gasteiger partial charge >= 0.3 is 0 Å². The summed E-state index contributed by atoms with van der Waals surface area (Å²) in [5.74, 6) is 0. The van der Waals surface area contributed by atoms with Gasteiger partial charge in [-0.25, -0.2) is 0 Å². The minimum Gasteiger partial charge on any atom is -0.363 e. The molecule has 2 rings (SSSR count). The molecule has 0 unspecified atom stereocenters. The molecule has 18 heavy (non-hydrogen) atoms. The molecule has 0 aromatic carbocycles. The normalized spacial score (nSPS) is 19.9. The molecule has 0 radical (unpaired) electrons. The van der Waals surface area contributed by atoms with Gasteiger partial charge < -0.3 is 5.32 Å². The van der Waals surface area contributed by atoms with Gasteiger partial charge in [0.05, 0.1) is 6.54 Å². The first-order valence-corrected chi connectivity index (χ1v) is 7.75. The van der Waals surface area contributed by atoms with E-state index in [0.717, 1.165) is 16.7 Å². The van der Waals surface area contributed by atoms with Crippen molar-refractivity contribution < 1.29 is 0 Å². The topological polar surface area (TPSA) is 41.1 Å². The Morgan fingerprint density at radius 3 is 2.39 bits per heavy atom. The van der Waals surface area contributed by atoms with Crippen molar-refractivity contribution in [3.63, 3.8) is 0 Å². The van der Waals surface area contributed by atoms with Gasteiger partial charge in [0.1, 0.15) is 5.01 Å². The molecule has 2 heterocycles. The van der Waals surface area contributed by atoms with Crippen molar-refractivity contribution in [3.05, 3.63) is 5.01 Å². The Bertz CT molecular complexity index is 363. The predicted molar refractivity (Wildman–Crippen MR) is 77.0 cm³/mol. The Morgan fingerprint density at radius 2 is 1.89 bits per heavy atom. The maximum atomic E-state index is 4.22. The van der Waals surface area contributed by atoms with Crippen LogP contribution in [0.4, 0.5) is 5.13 Å². The monoisotopic (exact) mass is 268 g/mol. The molecular formula is C13H24N4S. The summed E-state index contributed by atoms with van der Waals surface area (Å²) >= 11 is 1.66. The fraction of sp³-hybridized carbons (Fsp3) is 0.846. The fourth-order valence-electron chi connectivity index (χ4n) is 2.75. The molecule has 1 saturated heterocycles. The van der Waals surface area contributed by atoms with E-state index in [-0.39, 0.29) is 0 Å². The van der Waals surface area contributed by atoms with Crippen molar-refractivity contribution in [2.45, 2.75) is 46.1 Å². The quantitative estimate of drug-likeness (QED) is 0.891. The zero-order chi connectivity index (χ0) is 13.0.